The molecule has 0 atom stereocenters. The summed E-state index contributed by atoms with van der Waals surface area (Å²) in [6, 6.07) is 0. The molecule has 0 bridgehead atoms. The normalized spacial score (nSPS) is 10.3. The van der Waals surface area contributed by atoms with Crippen LogP contribution >= 0.6 is 11.6 Å². The van der Waals surface area contributed by atoms with Gasteiger partial charge in [0.25, 0.3) is 0 Å². The van der Waals surface area contributed by atoms with Crippen molar-refractivity contribution in [1.29, 1.82) is 0 Å². The number of hydrogen-bond acceptors (Lipinski definition) is 5. The third-order valence-electron chi connectivity index (χ3n) is 2.17. The van der Waals surface area contributed by atoms with Gasteiger partial charge in [-0.1, -0.05) is 13.3 Å². The summed E-state index contributed by atoms with van der Waals surface area (Å²) in [5, 5.41) is 0.233. The lowest BCUT2D eigenvalue weighted by Gasteiger charge is -2.18. The second-order valence-electron chi connectivity index (χ2n) is 3.87. The number of rotatable bonds is 5. The minimum atomic E-state index is 0.233. The molecule has 0 radical (unpaired) electrons. The van der Waals surface area contributed by atoms with Crippen molar-refractivity contribution in [3.05, 3.63) is 5.28 Å². The van der Waals surface area contributed by atoms with Crippen LogP contribution in [-0.4, -0.2) is 42.6 Å². The fourth-order valence-corrected chi connectivity index (χ4v) is 1.35. The van der Waals surface area contributed by atoms with Gasteiger partial charge in [-0.25, -0.2) is 0 Å². The fraction of sp³-hybridized carbons (Fsp3) is 0.700. The van der Waals surface area contributed by atoms with E-state index in [2.05, 4.69) is 21.9 Å². The molecule has 0 aromatic carbocycles. The van der Waals surface area contributed by atoms with E-state index in [1.807, 2.05) is 30.9 Å². The smallest absolute Gasteiger partial charge is 0.231 e. The summed E-state index contributed by atoms with van der Waals surface area (Å²) in [4.78, 5) is 16.3. The Morgan fingerprint density at radius 3 is 2.25 bits per heavy atom. The number of aromatic nitrogens is 3. The molecule has 1 aromatic heterocycles. The van der Waals surface area contributed by atoms with Crippen molar-refractivity contribution in [2.24, 2.45) is 0 Å². The molecule has 0 aliphatic heterocycles. The lowest BCUT2D eigenvalue weighted by Crippen LogP contribution is -2.23. The number of halogens is 1. The van der Waals surface area contributed by atoms with Gasteiger partial charge in [0.2, 0.25) is 17.2 Å². The van der Waals surface area contributed by atoms with Gasteiger partial charge in [-0.15, -0.1) is 0 Å². The third-order valence-corrected chi connectivity index (χ3v) is 2.34. The quantitative estimate of drug-likeness (QED) is 0.790. The van der Waals surface area contributed by atoms with Crippen molar-refractivity contribution in [2.75, 3.05) is 37.5 Å². The summed E-state index contributed by atoms with van der Waals surface area (Å²) in [6.45, 7) is 3.07. The van der Waals surface area contributed by atoms with Crippen molar-refractivity contribution >= 4 is 23.5 Å². The average Bonchev–Trinajstić information content (AvgIpc) is 2.24. The molecule has 1 aromatic rings. The fourth-order valence-electron chi connectivity index (χ4n) is 1.20. The molecular formula is C10H18ClN5. The molecule has 0 saturated carbocycles. The predicted octanol–water partition coefficient (Wildman–Crippen LogP) is 1.83. The van der Waals surface area contributed by atoms with Crippen molar-refractivity contribution in [3.63, 3.8) is 0 Å². The van der Waals surface area contributed by atoms with E-state index in [1.54, 1.807) is 0 Å². The van der Waals surface area contributed by atoms with Gasteiger partial charge in [0, 0.05) is 27.7 Å². The highest BCUT2D eigenvalue weighted by molar-refractivity contribution is 6.28. The molecule has 16 heavy (non-hydrogen) atoms. The van der Waals surface area contributed by atoms with E-state index in [4.69, 9.17) is 11.6 Å². The maximum absolute atomic E-state index is 5.86. The largest absolute Gasteiger partial charge is 0.347 e. The van der Waals surface area contributed by atoms with Gasteiger partial charge in [-0.2, -0.15) is 15.0 Å². The highest BCUT2D eigenvalue weighted by Crippen LogP contribution is 2.14. The highest BCUT2D eigenvalue weighted by Gasteiger charge is 2.09. The van der Waals surface area contributed by atoms with E-state index < -0.39 is 0 Å². The molecule has 0 N–H and O–H groups in total. The minimum absolute atomic E-state index is 0.233. The molecule has 6 heteroatoms. The molecule has 90 valence electrons. The van der Waals surface area contributed by atoms with Crippen LogP contribution < -0.4 is 9.80 Å². The second kappa shape index (κ2) is 5.84. The first-order valence-corrected chi connectivity index (χ1v) is 5.72. The zero-order chi connectivity index (χ0) is 12.1. The molecule has 0 aliphatic rings. The monoisotopic (exact) mass is 243 g/mol. The molecule has 0 unspecified atom stereocenters. The maximum Gasteiger partial charge on any atom is 0.231 e. The van der Waals surface area contributed by atoms with Crippen LogP contribution in [0.25, 0.3) is 0 Å². The Labute approximate surface area is 101 Å². The lowest BCUT2D eigenvalue weighted by molar-refractivity contribution is 0.745. The topological polar surface area (TPSA) is 45.2 Å². The summed E-state index contributed by atoms with van der Waals surface area (Å²) in [6.07, 6.45) is 2.25. The van der Waals surface area contributed by atoms with E-state index >= 15 is 0 Å². The van der Waals surface area contributed by atoms with Crippen LogP contribution in [0.4, 0.5) is 11.9 Å². The van der Waals surface area contributed by atoms with Gasteiger partial charge in [-0.05, 0) is 18.0 Å². The first-order chi connectivity index (χ1) is 7.54. The summed E-state index contributed by atoms with van der Waals surface area (Å²) < 4.78 is 0. The van der Waals surface area contributed by atoms with Crippen LogP contribution in [0.5, 0.6) is 0 Å². The molecule has 0 saturated heterocycles. The molecule has 0 fully saturated rings. The van der Waals surface area contributed by atoms with Crippen LogP contribution in [0, 0.1) is 0 Å². The van der Waals surface area contributed by atoms with Crippen LogP contribution in [0.2, 0.25) is 5.28 Å². The number of anilines is 2. The Morgan fingerprint density at radius 1 is 1.06 bits per heavy atom. The van der Waals surface area contributed by atoms with E-state index in [1.165, 1.54) is 0 Å². The Balaban J connectivity index is 2.86. The number of nitrogens with zero attached hydrogens (tertiary/aromatic N) is 5. The first kappa shape index (κ1) is 13.0. The van der Waals surface area contributed by atoms with Crippen molar-refractivity contribution in [2.45, 2.75) is 19.8 Å². The van der Waals surface area contributed by atoms with Gasteiger partial charge in [0.05, 0.1) is 0 Å². The molecule has 1 heterocycles. The maximum atomic E-state index is 5.86. The molecule has 5 nitrogen and oxygen atoms in total. The van der Waals surface area contributed by atoms with E-state index in [9.17, 15) is 0 Å². The second-order valence-corrected chi connectivity index (χ2v) is 4.21. The lowest BCUT2D eigenvalue weighted by atomic mass is 10.3. The van der Waals surface area contributed by atoms with Gasteiger partial charge in [-0.3, -0.25) is 0 Å². The predicted molar refractivity (Wildman–Crippen MR) is 67.3 cm³/mol. The van der Waals surface area contributed by atoms with Crippen LogP contribution in [0.15, 0.2) is 0 Å². The molecule has 0 spiro atoms. The third kappa shape index (κ3) is 3.48. The van der Waals surface area contributed by atoms with Crippen molar-refractivity contribution < 1.29 is 0 Å². The Kier molecular flexibility index (Phi) is 4.73. The summed E-state index contributed by atoms with van der Waals surface area (Å²) >= 11 is 5.86. The molecule has 0 aliphatic carbocycles. The van der Waals surface area contributed by atoms with Gasteiger partial charge >= 0.3 is 0 Å². The summed E-state index contributed by atoms with van der Waals surface area (Å²) in [7, 11) is 5.71. The minimum Gasteiger partial charge on any atom is -0.347 e. The summed E-state index contributed by atoms with van der Waals surface area (Å²) in [5.74, 6) is 1.20. The van der Waals surface area contributed by atoms with Crippen LogP contribution in [0.1, 0.15) is 19.8 Å². The standard InChI is InChI=1S/C10H18ClN5/c1-5-6-7-16(4)10-13-8(11)12-9(14-10)15(2)3/h5-7H2,1-4H3. The Bertz CT molecular complexity index is 342. The van der Waals surface area contributed by atoms with Crippen molar-refractivity contribution in [1.82, 2.24) is 15.0 Å². The highest BCUT2D eigenvalue weighted by atomic mass is 35.5. The van der Waals surface area contributed by atoms with Crippen LogP contribution in [0.3, 0.4) is 0 Å². The summed E-state index contributed by atoms with van der Waals surface area (Å²) in [5.41, 5.74) is 0. The van der Waals surface area contributed by atoms with E-state index in [0.717, 1.165) is 19.4 Å². The molecule has 1 rings (SSSR count). The first-order valence-electron chi connectivity index (χ1n) is 5.34. The zero-order valence-corrected chi connectivity index (χ0v) is 11.0. The van der Waals surface area contributed by atoms with Gasteiger partial charge in [0.15, 0.2) is 0 Å². The average molecular weight is 244 g/mol. The zero-order valence-electron chi connectivity index (χ0n) is 10.2. The van der Waals surface area contributed by atoms with Crippen molar-refractivity contribution in [3.8, 4) is 0 Å². The van der Waals surface area contributed by atoms with Gasteiger partial charge in [0.1, 0.15) is 0 Å². The molecular weight excluding hydrogens is 226 g/mol. The van der Waals surface area contributed by atoms with Crippen LogP contribution in [-0.2, 0) is 0 Å². The molecule has 0 amide bonds. The van der Waals surface area contributed by atoms with E-state index in [-0.39, 0.29) is 5.28 Å². The Hall–Kier alpha value is -1.10. The van der Waals surface area contributed by atoms with Gasteiger partial charge < -0.3 is 9.80 Å². The van der Waals surface area contributed by atoms with E-state index in [0.29, 0.717) is 11.9 Å². The number of unbranched alkanes of at least 4 members (excludes halogenated alkanes) is 1. The SMILES string of the molecule is CCCCN(C)c1nc(Cl)nc(N(C)C)n1. The number of hydrogen-bond donors (Lipinski definition) is 0. The Morgan fingerprint density at radius 2 is 1.69 bits per heavy atom.